The predicted molar refractivity (Wildman–Crippen MR) is 168 cm³/mol. The number of benzene rings is 2. The quantitative estimate of drug-likeness (QED) is 0.166. The maximum Gasteiger partial charge on any atom is 4.00 e. The van der Waals surface area contributed by atoms with Crippen LogP contribution in [0.4, 0.5) is 52.7 Å². The number of hydrogen-bond acceptors (Lipinski definition) is 1. The van der Waals surface area contributed by atoms with Crippen LogP contribution in [0.15, 0.2) is 60.9 Å². The van der Waals surface area contributed by atoms with E-state index in [-0.39, 0.29) is 56.4 Å². The van der Waals surface area contributed by atoms with E-state index in [4.69, 9.17) is 0 Å². The van der Waals surface area contributed by atoms with Crippen LogP contribution in [0.3, 0.4) is 0 Å². The Labute approximate surface area is 302 Å². The fraction of sp³-hybridized carbons (Fsp3) is 0.394. The number of alkyl halides is 12. The minimum Gasteiger partial charge on any atom is -0.668 e. The Morgan fingerprint density at radius 1 is 0.451 bits per heavy atom. The Hall–Kier alpha value is -3.25. The molecule has 2 aromatic heterocycles. The average molecular weight is 778 g/mol. The van der Waals surface area contributed by atoms with E-state index in [1.54, 1.807) is 28.2 Å². The van der Waals surface area contributed by atoms with Gasteiger partial charge >= 0.3 is 46.4 Å². The van der Waals surface area contributed by atoms with Gasteiger partial charge in [0.05, 0.1) is 22.3 Å². The first-order valence-corrected chi connectivity index (χ1v) is 14.2. The summed E-state index contributed by atoms with van der Waals surface area (Å²) in [6, 6.07) is 4.57. The van der Waals surface area contributed by atoms with E-state index in [2.05, 4.69) is 25.9 Å². The van der Waals surface area contributed by atoms with Crippen molar-refractivity contribution in [1.82, 2.24) is 15.3 Å². The van der Waals surface area contributed by atoms with Crippen molar-refractivity contribution in [2.75, 3.05) is 42.3 Å². The first-order chi connectivity index (χ1) is 22.8. The summed E-state index contributed by atoms with van der Waals surface area (Å²) in [6.45, 7) is 3.04. The van der Waals surface area contributed by atoms with Gasteiger partial charge in [0, 0.05) is 0 Å². The number of halogens is 12. The molecule has 0 amide bonds. The molecule has 2 heterocycles. The molecule has 4 rings (SSSR count). The number of nitrogens with one attached hydrogen (secondary N) is 1. The van der Waals surface area contributed by atoms with E-state index in [9.17, 15) is 52.7 Å². The zero-order chi connectivity index (χ0) is 38.9. The smallest absolute Gasteiger partial charge is 0.668 e. The third-order valence-electron chi connectivity index (χ3n) is 6.39. The Kier molecular flexibility index (Phi) is 17.8. The Bertz CT molecular complexity index is 1450. The minimum atomic E-state index is -5.07. The summed E-state index contributed by atoms with van der Waals surface area (Å²) in [4.78, 5) is 8.20. The molecule has 0 atom stereocenters. The molecule has 0 bridgehead atoms. The zero-order valence-corrected chi connectivity index (χ0v) is 30.2. The van der Waals surface area contributed by atoms with E-state index in [1.165, 1.54) is 26.0 Å². The topological polar surface area (TPSA) is 68.4 Å². The van der Waals surface area contributed by atoms with Crippen molar-refractivity contribution in [2.45, 2.75) is 44.0 Å². The van der Waals surface area contributed by atoms with E-state index in [1.807, 2.05) is 14.1 Å². The summed E-state index contributed by atoms with van der Waals surface area (Å²) in [5.41, 5.74) is -8.03. The van der Waals surface area contributed by atoms with Gasteiger partial charge in [0.1, 0.15) is 0 Å². The second-order valence-corrected chi connectivity index (χ2v) is 11.1. The average Bonchev–Trinajstić information content (AvgIpc) is 3.68. The van der Waals surface area contributed by atoms with Crippen molar-refractivity contribution >= 4 is 0 Å². The fourth-order valence-electron chi connectivity index (χ4n) is 4.10. The van der Waals surface area contributed by atoms with Crippen LogP contribution in [0.25, 0.3) is 32.9 Å². The van der Waals surface area contributed by atoms with E-state index >= 15 is 0 Å². The van der Waals surface area contributed by atoms with Gasteiger partial charge in [-0.15, -0.1) is 0 Å². The van der Waals surface area contributed by atoms with Gasteiger partial charge in [-0.3, -0.25) is 0 Å². The van der Waals surface area contributed by atoms with Crippen molar-refractivity contribution in [2.24, 2.45) is 0 Å². The maximum absolute atomic E-state index is 13.3. The van der Waals surface area contributed by atoms with Crippen LogP contribution in [0.2, 0.25) is 0 Å². The van der Waals surface area contributed by atoms with Gasteiger partial charge in [-0.2, -0.15) is 105 Å². The molecular weight excluding hydrogens is 742 g/mol. The predicted octanol–water partition coefficient (Wildman–Crippen LogP) is 10.4. The normalized spacial score (nSPS) is 12.0. The molecule has 280 valence electrons. The summed E-state index contributed by atoms with van der Waals surface area (Å²) in [6.07, 6.45) is -18.2. The van der Waals surface area contributed by atoms with Crippen LogP contribution in [0.1, 0.15) is 47.5 Å². The Morgan fingerprint density at radius 3 is 0.863 bits per heavy atom. The zero-order valence-electron chi connectivity index (χ0n) is 28.6. The molecule has 4 aromatic rings. The third kappa shape index (κ3) is 13.7. The summed E-state index contributed by atoms with van der Waals surface area (Å²) in [7, 11) is 10.8. The van der Waals surface area contributed by atoms with Crippen LogP contribution in [0.5, 0.6) is 0 Å². The molecule has 51 heavy (non-hydrogen) atoms. The third-order valence-corrected chi connectivity index (χ3v) is 6.39. The largest absolute Gasteiger partial charge is 4.00 e. The van der Waals surface area contributed by atoms with Crippen LogP contribution in [-0.2, 0) is 51.8 Å². The molecule has 0 aliphatic rings. The van der Waals surface area contributed by atoms with Crippen LogP contribution in [-0.4, -0.2) is 42.3 Å². The number of aromatic nitrogens is 2. The van der Waals surface area contributed by atoms with Crippen molar-refractivity contribution < 1.29 is 74.4 Å². The molecular formula is C33H35F12N5Ti. The molecule has 5 nitrogen and oxygen atoms in total. The van der Waals surface area contributed by atoms with Gasteiger partial charge in [0.15, 0.2) is 0 Å². The first kappa shape index (κ1) is 47.8. The van der Waals surface area contributed by atoms with E-state index in [0.29, 0.717) is 24.3 Å². The van der Waals surface area contributed by atoms with Gasteiger partial charge in [-0.25, -0.2) is 0 Å². The second-order valence-electron chi connectivity index (χ2n) is 11.1. The molecule has 0 fully saturated rings. The SMILES string of the molecule is CC(C)(c1cc(-c2cc(C(F)(F)F)cc(C(F)(F)F)c2)c[n-]1)c1cc(-c2cc(C(F)(F)F)cc(C(F)(F)F)c2)c[n-]1.CNC.C[N-]C.C[N-]C.[Ti+4]. The number of hydrogen-bond donors (Lipinski definition) is 1. The second kappa shape index (κ2) is 19.0. The van der Waals surface area contributed by atoms with E-state index in [0.717, 1.165) is 12.4 Å². The molecule has 0 unspecified atom stereocenters. The summed E-state index contributed by atoms with van der Waals surface area (Å²) in [5.74, 6) is 0. The maximum atomic E-state index is 13.3. The molecule has 0 aliphatic heterocycles. The van der Waals surface area contributed by atoms with Gasteiger partial charge in [0.25, 0.3) is 0 Å². The molecule has 0 saturated heterocycles. The van der Waals surface area contributed by atoms with Gasteiger partial charge in [0.2, 0.25) is 0 Å². The van der Waals surface area contributed by atoms with Crippen molar-refractivity contribution in [3.8, 4) is 22.3 Å². The molecule has 18 heteroatoms. The van der Waals surface area contributed by atoms with E-state index < -0.39 is 63.5 Å². The number of nitrogens with zero attached hydrogens (tertiary/aromatic N) is 4. The van der Waals surface area contributed by atoms with Gasteiger partial charge < -0.3 is 25.9 Å². The van der Waals surface area contributed by atoms with Crippen molar-refractivity contribution in [3.05, 3.63) is 105 Å². The minimum absolute atomic E-state index is 0. The molecule has 0 spiro atoms. The van der Waals surface area contributed by atoms with Crippen molar-refractivity contribution in [1.29, 1.82) is 0 Å². The monoisotopic (exact) mass is 777 g/mol. The first-order valence-electron chi connectivity index (χ1n) is 14.2. The molecule has 0 saturated carbocycles. The number of rotatable bonds is 4. The molecule has 1 N–H and O–H groups in total. The summed E-state index contributed by atoms with van der Waals surface area (Å²) >= 11 is 0. The van der Waals surface area contributed by atoms with Crippen LogP contribution in [0, 0.1) is 0 Å². The molecule has 0 radical (unpaired) electrons. The standard InChI is InChI=1S/C27H16F12N2.C2H7N.2C2H6N.Ti/c1-23(2,21-7-15(11-40-21)13-3-17(24(28,29)30)9-18(4-13)25(31,32)33)22-8-16(12-41-22)14-5-19(26(34,35)36)10-20(6-14)27(37,38)39;3*1-3-2;/h3-12H,1-2H3;3H,1-2H3;2*1-2H3;/q-2;;2*-1;+4. The van der Waals surface area contributed by atoms with Gasteiger partial charge in [-0.05, 0) is 78.2 Å². The molecule has 0 aliphatic carbocycles. The summed E-state index contributed by atoms with van der Waals surface area (Å²) in [5, 5.41) is 9.75. The van der Waals surface area contributed by atoms with Gasteiger partial charge in [-0.1, -0.05) is 26.0 Å². The van der Waals surface area contributed by atoms with Crippen LogP contribution >= 0.6 is 0 Å². The van der Waals surface area contributed by atoms with Crippen LogP contribution < -0.4 is 15.3 Å². The Balaban J connectivity index is 0.00000226. The summed E-state index contributed by atoms with van der Waals surface area (Å²) < 4.78 is 159. The fourth-order valence-corrected chi connectivity index (χ4v) is 4.10. The Morgan fingerprint density at radius 2 is 0.667 bits per heavy atom. The van der Waals surface area contributed by atoms with Crippen molar-refractivity contribution in [3.63, 3.8) is 0 Å². The molecule has 2 aromatic carbocycles.